The molecule has 1 unspecified atom stereocenters. The van der Waals surface area contributed by atoms with Gasteiger partial charge in [0.15, 0.2) is 5.78 Å². The number of aromatic amines is 1. The maximum atomic E-state index is 13.4. The van der Waals surface area contributed by atoms with Crippen LogP contribution < -0.4 is 4.74 Å². The lowest BCUT2D eigenvalue weighted by Crippen LogP contribution is -2.53. The van der Waals surface area contributed by atoms with Crippen LogP contribution in [0.15, 0.2) is 48.7 Å². The fraction of sp³-hybridized carbons (Fsp3) is 0.452. The summed E-state index contributed by atoms with van der Waals surface area (Å²) in [6, 6.07) is 13.9. The van der Waals surface area contributed by atoms with Crippen LogP contribution in [-0.4, -0.2) is 65.0 Å². The number of carbonyl (C=O) groups excluding carboxylic acids is 3. The molecule has 7 heteroatoms. The summed E-state index contributed by atoms with van der Waals surface area (Å²) in [6.45, 7) is 18.2. The molecule has 0 spiro atoms. The Bertz CT molecular complexity index is 1170. The van der Waals surface area contributed by atoms with E-state index in [2.05, 4.69) is 28.9 Å². The Labute approximate surface area is 228 Å². The Morgan fingerprint density at radius 3 is 2.13 bits per heavy atom. The van der Waals surface area contributed by atoms with Gasteiger partial charge in [0, 0.05) is 62.3 Å². The van der Waals surface area contributed by atoms with Crippen LogP contribution in [0.1, 0.15) is 81.7 Å². The smallest absolute Gasteiger partial charge is 0.257 e. The van der Waals surface area contributed by atoms with E-state index >= 15 is 0 Å². The van der Waals surface area contributed by atoms with E-state index in [1.54, 1.807) is 12.1 Å². The van der Waals surface area contributed by atoms with Gasteiger partial charge in [-0.2, -0.15) is 0 Å². The first-order chi connectivity index (χ1) is 18.4. The lowest BCUT2D eigenvalue weighted by atomic mass is 10.0. The Hall–Kier alpha value is -3.45. The fourth-order valence-corrected chi connectivity index (χ4v) is 4.27. The summed E-state index contributed by atoms with van der Waals surface area (Å²) in [7, 11) is 1.52. The number of H-pyrrole nitrogens is 1. The molecule has 7 nitrogen and oxygen atoms in total. The number of benzene rings is 2. The number of piperazine rings is 1. The summed E-state index contributed by atoms with van der Waals surface area (Å²) in [5.74, 6) is -0.830. The van der Waals surface area contributed by atoms with Crippen molar-refractivity contribution in [2.45, 2.75) is 68.0 Å². The third kappa shape index (κ3) is 7.78. The summed E-state index contributed by atoms with van der Waals surface area (Å²) in [5, 5.41) is 0.546. The van der Waals surface area contributed by atoms with Crippen molar-refractivity contribution in [3.63, 3.8) is 0 Å². The maximum absolute atomic E-state index is 13.4. The van der Waals surface area contributed by atoms with Gasteiger partial charge in [-0.1, -0.05) is 71.9 Å². The molecule has 4 rings (SSSR count). The van der Waals surface area contributed by atoms with Gasteiger partial charge in [-0.15, -0.1) is 0 Å². The van der Waals surface area contributed by atoms with Crippen LogP contribution in [0.25, 0.3) is 10.9 Å². The summed E-state index contributed by atoms with van der Waals surface area (Å²) in [6.07, 6.45) is 1.51. The van der Waals surface area contributed by atoms with Crippen molar-refractivity contribution in [2.75, 3.05) is 26.7 Å². The minimum atomic E-state index is -0.581. The van der Waals surface area contributed by atoms with Crippen LogP contribution in [-0.2, 0) is 11.3 Å². The number of hydrogen-bond donors (Lipinski definition) is 1. The molecule has 0 saturated carbocycles. The number of rotatable bonds is 6. The zero-order valence-electron chi connectivity index (χ0n) is 24.6. The average Bonchev–Trinajstić information content (AvgIpc) is 3.39. The van der Waals surface area contributed by atoms with Crippen LogP contribution in [0.2, 0.25) is 0 Å². The van der Waals surface area contributed by atoms with Crippen LogP contribution in [0.4, 0.5) is 0 Å². The number of aromatic nitrogens is 1. The number of Topliss-reactive ketones (excluding diaryl/α,β-unsaturated/α-hetero) is 2. The van der Waals surface area contributed by atoms with Crippen molar-refractivity contribution >= 4 is 28.4 Å². The summed E-state index contributed by atoms with van der Waals surface area (Å²) in [4.78, 5) is 44.5. The molecule has 1 saturated heterocycles. The Balaban J connectivity index is 0.00000112. The third-order valence-electron chi connectivity index (χ3n) is 6.08. The summed E-state index contributed by atoms with van der Waals surface area (Å²) < 4.78 is 5.48. The van der Waals surface area contributed by atoms with Crippen molar-refractivity contribution in [2.24, 2.45) is 0 Å². The van der Waals surface area contributed by atoms with Crippen LogP contribution in [0.3, 0.4) is 0 Å². The average molecular weight is 524 g/mol. The van der Waals surface area contributed by atoms with E-state index in [1.807, 2.05) is 64.6 Å². The highest BCUT2D eigenvalue weighted by Crippen LogP contribution is 2.30. The van der Waals surface area contributed by atoms with Gasteiger partial charge in [0.05, 0.1) is 18.2 Å². The fourth-order valence-electron chi connectivity index (χ4n) is 4.27. The van der Waals surface area contributed by atoms with Gasteiger partial charge in [0.1, 0.15) is 5.75 Å². The van der Waals surface area contributed by atoms with E-state index in [9.17, 15) is 14.4 Å². The topological polar surface area (TPSA) is 82.7 Å². The first-order valence-electron chi connectivity index (χ1n) is 13.7. The van der Waals surface area contributed by atoms with Crippen molar-refractivity contribution < 1.29 is 19.1 Å². The molecule has 1 fully saturated rings. The third-order valence-corrected chi connectivity index (χ3v) is 6.08. The van der Waals surface area contributed by atoms with Crippen molar-refractivity contribution in [3.05, 3.63) is 65.4 Å². The number of methoxy groups -OCH3 is 1. The Kier molecular flexibility index (Phi) is 14.1. The number of carbonyl (C=O) groups is 3. The van der Waals surface area contributed by atoms with Crippen molar-refractivity contribution in [1.82, 2.24) is 14.8 Å². The summed E-state index contributed by atoms with van der Waals surface area (Å²) in [5.41, 5.74) is 2.55. The molecule has 1 amide bonds. The molecule has 0 aliphatic carbocycles. The number of nitrogens with one attached hydrogen (secondary N) is 1. The minimum absolute atomic E-state index is 0.141. The van der Waals surface area contributed by atoms with E-state index in [-0.39, 0.29) is 17.5 Å². The largest absolute Gasteiger partial charge is 0.496 e. The predicted octanol–water partition coefficient (Wildman–Crippen LogP) is 6.37. The van der Waals surface area contributed by atoms with Gasteiger partial charge in [0.25, 0.3) is 5.91 Å². The molecule has 1 aliphatic heterocycles. The monoisotopic (exact) mass is 523 g/mol. The molecule has 3 aromatic rings. The standard InChI is InChI=1S/C25H27N3O4.3C2H6/c1-16-14-28(10-9-27(16)15-18-7-5-4-6-8-18)25(31)20-11-19-21(24(30)17(2)29)13-26-22(19)12-23(20)32-3;3*1-2/h4-8,11-13,16,26H,9-10,14-15H2,1-3H3;3*1-2H3. The Morgan fingerprint density at radius 2 is 1.58 bits per heavy atom. The van der Waals surface area contributed by atoms with Crippen LogP contribution in [0, 0.1) is 0 Å². The lowest BCUT2D eigenvalue weighted by Gasteiger charge is -2.40. The molecule has 1 aromatic heterocycles. The molecule has 208 valence electrons. The number of amides is 1. The normalized spacial score (nSPS) is 14.7. The lowest BCUT2D eigenvalue weighted by molar-refractivity contribution is -0.113. The van der Waals surface area contributed by atoms with Crippen molar-refractivity contribution in [3.8, 4) is 5.75 Å². The van der Waals surface area contributed by atoms with Gasteiger partial charge >= 0.3 is 0 Å². The maximum Gasteiger partial charge on any atom is 0.257 e. The number of nitrogens with zero attached hydrogens (tertiary/aromatic N) is 2. The minimum Gasteiger partial charge on any atom is -0.496 e. The van der Waals surface area contributed by atoms with Gasteiger partial charge in [-0.25, -0.2) is 0 Å². The van der Waals surface area contributed by atoms with Gasteiger partial charge in [-0.05, 0) is 18.6 Å². The predicted molar refractivity (Wildman–Crippen MR) is 156 cm³/mol. The molecule has 0 bridgehead atoms. The number of ketones is 2. The van der Waals surface area contributed by atoms with Crippen LogP contribution in [0.5, 0.6) is 5.75 Å². The SMILES string of the molecule is CC.CC.CC.COc1cc2[nH]cc(C(=O)C(C)=O)c2cc1C(=O)N1CCN(Cc2ccccc2)C(C)C1. The van der Waals surface area contributed by atoms with E-state index in [1.165, 1.54) is 25.8 Å². The number of ether oxygens (including phenoxy) is 1. The molecule has 0 radical (unpaired) electrons. The molecule has 1 N–H and O–H groups in total. The first-order valence-corrected chi connectivity index (χ1v) is 13.7. The summed E-state index contributed by atoms with van der Waals surface area (Å²) >= 11 is 0. The second-order valence-corrected chi connectivity index (χ2v) is 8.24. The highest BCUT2D eigenvalue weighted by molar-refractivity contribution is 6.45. The Morgan fingerprint density at radius 1 is 0.947 bits per heavy atom. The van der Waals surface area contributed by atoms with E-state index < -0.39 is 11.6 Å². The molecule has 2 aromatic carbocycles. The highest BCUT2D eigenvalue weighted by Gasteiger charge is 2.29. The number of fused-ring (bicyclic) bond motifs is 1. The van der Waals surface area contributed by atoms with E-state index in [0.29, 0.717) is 35.3 Å². The zero-order valence-corrected chi connectivity index (χ0v) is 24.6. The van der Waals surface area contributed by atoms with Crippen molar-refractivity contribution in [1.29, 1.82) is 0 Å². The zero-order chi connectivity index (χ0) is 28.8. The molecule has 1 atom stereocenters. The number of hydrogen-bond acceptors (Lipinski definition) is 5. The molecular weight excluding hydrogens is 478 g/mol. The van der Waals surface area contributed by atoms with Gasteiger partial charge in [-0.3, -0.25) is 19.3 Å². The van der Waals surface area contributed by atoms with Crippen LogP contribution >= 0.6 is 0 Å². The molecule has 2 heterocycles. The highest BCUT2D eigenvalue weighted by atomic mass is 16.5. The van der Waals surface area contributed by atoms with Gasteiger partial charge < -0.3 is 14.6 Å². The second-order valence-electron chi connectivity index (χ2n) is 8.24. The second kappa shape index (κ2) is 16.4. The van der Waals surface area contributed by atoms with E-state index in [4.69, 9.17) is 4.74 Å². The van der Waals surface area contributed by atoms with E-state index in [0.717, 1.165) is 13.1 Å². The first kappa shape index (κ1) is 32.6. The molecular formula is C31H45N3O4. The molecule has 1 aliphatic rings. The van der Waals surface area contributed by atoms with Gasteiger partial charge in [0.2, 0.25) is 5.78 Å². The quantitative estimate of drug-likeness (QED) is 0.300. The molecule has 38 heavy (non-hydrogen) atoms.